The van der Waals surface area contributed by atoms with E-state index in [-0.39, 0.29) is 5.97 Å². The van der Waals surface area contributed by atoms with Gasteiger partial charge in [-0.1, -0.05) is 47.1 Å². The van der Waals surface area contributed by atoms with E-state index in [0.717, 1.165) is 16.7 Å². The summed E-state index contributed by atoms with van der Waals surface area (Å²) in [6, 6.07) is 14.6. The van der Waals surface area contributed by atoms with Crippen molar-refractivity contribution in [1.82, 2.24) is 5.16 Å². The van der Waals surface area contributed by atoms with Gasteiger partial charge in [0.25, 0.3) is 0 Å². The predicted molar refractivity (Wildman–Crippen MR) is 80.6 cm³/mol. The third-order valence-corrected chi connectivity index (χ3v) is 3.94. The molecule has 1 atom stereocenters. The molecule has 1 aromatic heterocycles. The number of ether oxygens (including phenoxy) is 1. The van der Waals surface area contributed by atoms with E-state index < -0.39 is 6.10 Å². The first-order valence-electron chi connectivity index (χ1n) is 6.74. The minimum Gasteiger partial charge on any atom is -0.449 e. The van der Waals surface area contributed by atoms with E-state index in [1.165, 1.54) is 6.26 Å². The summed E-state index contributed by atoms with van der Waals surface area (Å²) in [5, 5.41) is 4.69. The molecule has 4 nitrogen and oxygen atoms in total. The highest BCUT2D eigenvalue weighted by Crippen LogP contribution is 2.39. The molecule has 1 aliphatic heterocycles. The highest BCUT2D eigenvalue weighted by molar-refractivity contribution is 6.30. The van der Waals surface area contributed by atoms with Crippen molar-refractivity contribution in [1.29, 1.82) is 0 Å². The lowest BCUT2D eigenvalue weighted by Crippen LogP contribution is -2.01. The Morgan fingerprint density at radius 3 is 2.59 bits per heavy atom. The van der Waals surface area contributed by atoms with Gasteiger partial charge in [0.15, 0.2) is 6.10 Å². The van der Waals surface area contributed by atoms with Gasteiger partial charge in [-0.3, -0.25) is 0 Å². The normalized spacial score (nSPS) is 16.4. The smallest absolute Gasteiger partial charge is 0.339 e. The van der Waals surface area contributed by atoms with Gasteiger partial charge >= 0.3 is 5.97 Å². The predicted octanol–water partition coefficient (Wildman–Crippen LogP) is 4.25. The van der Waals surface area contributed by atoms with Crippen molar-refractivity contribution in [3.63, 3.8) is 0 Å². The van der Waals surface area contributed by atoms with E-state index in [4.69, 9.17) is 20.9 Å². The molecule has 22 heavy (non-hydrogen) atoms. The van der Waals surface area contributed by atoms with Crippen LogP contribution in [0, 0.1) is 0 Å². The lowest BCUT2D eigenvalue weighted by Gasteiger charge is -2.10. The van der Waals surface area contributed by atoms with Crippen molar-refractivity contribution >= 4 is 17.6 Å². The van der Waals surface area contributed by atoms with Crippen LogP contribution in [0.5, 0.6) is 0 Å². The second-order valence-corrected chi connectivity index (χ2v) is 5.43. The first-order chi connectivity index (χ1) is 10.7. The average molecular weight is 312 g/mol. The standard InChI is InChI=1S/C17H10ClNO3/c18-11-7-5-10(6-8-11)15-14(9-21-19-15)16-12-3-1-2-4-13(12)17(20)22-16/h1-9,16H. The Labute approximate surface area is 131 Å². The van der Waals surface area contributed by atoms with Crippen molar-refractivity contribution in [3.05, 3.63) is 76.5 Å². The van der Waals surface area contributed by atoms with Crippen LogP contribution in [0.2, 0.25) is 5.02 Å². The van der Waals surface area contributed by atoms with Crippen LogP contribution < -0.4 is 0 Å². The maximum absolute atomic E-state index is 12.0. The fourth-order valence-electron chi connectivity index (χ4n) is 2.63. The van der Waals surface area contributed by atoms with Gasteiger partial charge in [-0.25, -0.2) is 4.79 Å². The Bertz CT molecular complexity index is 854. The maximum Gasteiger partial charge on any atom is 0.339 e. The van der Waals surface area contributed by atoms with Crippen LogP contribution >= 0.6 is 11.6 Å². The number of fused-ring (bicyclic) bond motifs is 1. The molecule has 108 valence electrons. The number of esters is 1. The first-order valence-corrected chi connectivity index (χ1v) is 7.12. The van der Waals surface area contributed by atoms with Gasteiger partial charge in [-0.2, -0.15) is 0 Å². The Morgan fingerprint density at radius 2 is 1.77 bits per heavy atom. The van der Waals surface area contributed by atoms with Crippen LogP contribution in [0.1, 0.15) is 27.6 Å². The van der Waals surface area contributed by atoms with Crippen molar-refractivity contribution in [2.24, 2.45) is 0 Å². The molecular formula is C17H10ClNO3. The van der Waals surface area contributed by atoms with Gasteiger partial charge in [0.2, 0.25) is 0 Å². The molecule has 5 heteroatoms. The summed E-state index contributed by atoms with van der Waals surface area (Å²) in [7, 11) is 0. The molecule has 1 aliphatic rings. The van der Waals surface area contributed by atoms with Gasteiger partial charge in [0.1, 0.15) is 12.0 Å². The molecule has 1 unspecified atom stereocenters. The second-order valence-electron chi connectivity index (χ2n) is 5.00. The Hall–Kier alpha value is -2.59. The molecule has 0 saturated carbocycles. The van der Waals surface area contributed by atoms with E-state index in [2.05, 4.69) is 5.16 Å². The molecule has 0 N–H and O–H groups in total. The van der Waals surface area contributed by atoms with E-state index in [1.54, 1.807) is 18.2 Å². The fraction of sp³-hybridized carbons (Fsp3) is 0.0588. The summed E-state index contributed by atoms with van der Waals surface area (Å²) in [5.41, 5.74) is 3.63. The zero-order valence-corrected chi connectivity index (χ0v) is 12.1. The minimum atomic E-state index is -0.499. The molecule has 2 heterocycles. The number of cyclic esters (lactones) is 1. The number of hydrogen-bond donors (Lipinski definition) is 0. The van der Waals surface area contributed by atoms with Crippen LogP contribution in [0.15, 0.2) is 59.3 Å². The van der Waals surface area contributed by atoms with E-state index in [9.17, 15) is 4.79 Å². The lowest BCUT2D eigenvalue weighted by atomic mass is 9.97. The number of aromatic nitrogens is 1. The summed E-state index contributed by atoms with van der Waals surface area (Å²) in [4.78, 5) is 12.0. The molecule has 0 radical (unpaired) electrons. The van der Waals surface area contributed by atoms with Gasteiger partial charge in [-0.05, 0) is 18.2 Å². The number of rotatable bonds is 2. The molecule has 0 amide bonds. The molecule has 0 aliphatic carbocycles. The van der Waals surface area contributed by atoms with Crippen molar-refractivity contribution in [2.45, 2.75) is 6.10 Å². The zero-order chi connectivity index (χ0) is 15.1. The van der Waals surface area contributed by atoms with Gasteiger partial charge in [-0.15, -0.1) is 0 Å². The van der Waals surface area contributed by atoms with Crippen LogP contribution in [0.25, 0.3) is 11.3 Å². The maximum atomic E-state index is 12.0. The number of carbonyl (C=O) groups is 1. The Morgan fingerprint density at radius 1 is 1.00 bits per heavy atom. The average Bonchev–Trinajstić information content (AvgIpc) is 3.13. The molecule has 0 saturated heterocycles. The lowest BCUT2D eigenvalue weighted by molar-refractivity contribution is 0.0456. The molecule has 0 bridgehead atoms. The van der Waals surface area contributed by atoms with Gasteiger partial charge < -0.3 is 9.26 Å². The van der Waals surface area contributed by atoms with E-state index in [1.807, 2.05) is 30.3 Å². The Kier molecular flexibility index (Phi) is 2.98. The summed E-state index contributed by atoms with van der Waals surface area (Å²) >= 11 is 5.91. The minimum absolute atomic E-state index is 0.330. The highest BCUT2D eigenvalue weighted by Gasteiger charge is 2.34. The highest BCUT2D eigenvalue weighted by atomic mass is 35.5. The first kappa shape index (κ1) is 13.1. The molecular weight excluding hydrogens is 302 g/mol. The number of benzene rings is 2. The molecule has 4 rings (SSSR count). The van der Waals surface area contributed by atoms with E-state index >= 15 is 0 Å². The van der Waals surface area contributed by atoms with Crippen LogP contribution in [0.3, 0.4) is 0 Å². The number of halogens is 1. The van der Waals surface area contributed by atoms with Crippen LogP contribution in [-0.4, -0.2) is 11.1 Å². The third kappa shape index (κ3) is 2.00. The van der Waals surface area contributed by atoms with Crippen molar-refractivity contribution < 1.29 is 14.1 Å². The summed E-state index contributed by atoms with van der Waals surface area (Å²) in [6.45, 7) is 0. The Balaban J connectivity index is 1.81. The fourth-order valence-corrected chi connectivity index (χ4v) is 2.76. The number of nitrogens with zero attached hydrogens (tertiary/aromatic N) is 1. The van der Waals surface area contributed by atoms with Crippen molar-refractivity contribution in [2.75, 3.05) is 0 Å². The van der Waals surface area contributed by atoms with Gasteiger partial charge in [0.05, 0.1) is 11.1 Å². The van der Waals surface area contributed by atoms with Gasteiger partial charge in [0, 0.05) is 16.1 Å². The summed E-state index contributed by atoms with van der Waals surface area (Å²) < 4.78 is 10.6. The second kappa shape index (κ2) is 5.00. The summed E-state index contributed by atoms with van der Waals surface area (Å²) in [5.74, 6) is -0.330. The topological polar surface area (TPSA) is 52.3 Å². The SMILES string of the molecule is O=C1OC(c2conc2-c2ccc(Cl)cc2)c2ccccc21. The molecule has 2 aromatic carbocycles. The summed E-state index contributed by atoms with van der Waals surface area (Å²) in [6.07, 6.45) is 1.02. The molecule has 0 spiro atoms. The number of carbonyl (C=O) groups excluding carboxylic acids is 1. The molecule has 0 fully saturated rings. The van der Waals surface area contributed by atoms with Crippen LogP contribution in [0.4, 0.5) is 0 Å². The van der Waals surface area contributed by atoms with Crippen molar-refractivity contribution in [3.8, 4) is 11.3 Å². The number of hydrogen-bond acceptors (Lipinski definition) is 4. The third-order valence-electron chi connectivity index (χ3n) is 3.69. The molecule has 3 aromatic rings. The monoisotopic (exact) mass is 311 g/mol. The van der Waals surface area contributed by atoms with E-state index in [0.29, 0.717) is 16.3 Å². The van der Waals surface area contributed by atoms with Crippen LogP contribution in [-0.2, 0) is 4.74 Å². The zero-order valence-electron chi connectivity index (χ0n) is 11.3. The largest absolute Gasteiger partial charge is 0.449 e. The quantitative estimate of drug-likeness (QED) is 0.664.